The third-order valence-corrected chi connectivity index (χ3v) is 1.49. The Morgan fingerprint density at radius 3 is 3.20 bits per heavy atom. The fourth-order valence-electron chi connectivity index (χ4n) is 0.909. The average molecular weight is 208 g/mol. The summed E-state index contributed by atoms with van der Waals surface area (Å²) < 4.78 is 5.09. The summed E-state index contributed by atoms with van der Waals surface area (Å²) >= 11 is 0. The van der Waals surface area contributed by atoms with Gasteiger partial charge in [0.25, 0.3) is 0 Å². The lowest BCUT2D eigenvalue weighted by atomic mass is 10.3. The van der Waals surface area contributed by atoms with Gasteiger partial charge in [-0.1, -0.05) is 5.11 Å². The lowest BCUT2D eigenvalue weighted by Crippen LogP contribution is -2.07. The van der Waals surface area contributed by atoms with Crippen LogP contribution in [0.4, 0.5) is 0 Å². The second kappa shape index (κ2) is 5.46. The Balaban J connectivity index is 2.67. The minimum Gasteiger partial charge on any atom is -0.491 e. The third kappa shape index (κ3) is 3.17. The van der Waals surface area contributed by atoms with Crippen molar-refractivity contribution in [3.8, 4) is 5.75 Å². The first-order chi connectivity index (χ1) is 7.25. The van der Waals surface area contributed by atoms with E-state index in [0.717, 1.165) is 0 Å². The van der Waals surface area contributed by atoms with Crippen LogP contribution in [0.1, 0.15) is 10.5 Å². The van der Waals surface area contributed by atoms with Crippen molar-refractivity contribution in [3.05, 3.63) is 34.5 Å². The average Bonchev–Trinajstić information content (AvgIpc) is 2.25. The Morgan fingerprint density at radius 1 is 1.73 bits per heavy atom. The summed E-state index contributed by atoms with van der Waals surface area (Å²) in [6.07, 6.45) is 1.36. The van der Waals surface area contributed by atoms with Crippen molar-refractivity contribution in [2.45, 2.75) is 0 Å². The highest BCUT2D eigenvalue weighted by Crippen LogP contribution is 2.14. The second-order valence-corrected chi connectivity index (χ2v) is 2.46. The van der Waals surface area contributed by atoms with Crippen LogP contribution >= 0.6 is 0 Å². The van der Waals surface area contributed by atoms with Gasteiger partial charge in [0.05, 0.1) is 13.2 Å². The Hall–Kier alpha value is -2.27. The summed E-state index contributed by atoms with van der Waals surface area (Å²) in [6.45, 7) is 0.264. The topological polar surface area (TPSA) is 108 Å². The van der Waals surface area contributed by atoms with Gasteiger partial charge >= 0.3 is 5.97 Å². The third-order valence-electron chi connectivity index (χ3n) is 1.49. The van der Waals surface area contributed by atoms with E-state index in [1.54, 1.807) is 6.07 Å². The Bertz CT molecular complexity index is 401. The molecule has 0 unspecified atom stereocenters. The van der Waals surface area contributed by atoms with Crippen LogP contribution < -0.4 is 4.74 Å². The van der Waals surface area contributed by atoms with E-state index in [9.17, 15) is 4.79 Å². The zero-order valence-electron chi connectivity index (χ0n) is 7.70. The standard InChI is InChI=1S/C8H8N4O3/c9-12-11-4-5-15-6-2-1-3-10-7(6)8(13)14/h1-3H,4-5H2,(H,13,14). The first kappa shape index (κ1) is 10.8. The van der Waals surface area contributed by atoms with Gasteiger partial charge in [0.2, 0.25) is 0 Å². The van der Waals surface area contributed by atoms with Crippen LogP contribution in [0.5, 0.6) is 5.75 Å². The molecule has 0 saturated heterocycles. The lowest BCUT2D eigenvalue weighted by molar-refractivity contribution is 0.0685. The molecule has 0 amide bonds. The molecule has 0 aliphatic rings. The van der Waals surface area contributed by atoms with Gasteiger partial charge < -0.3 is 9.84 Å². The number of rotatable bonds is 5. The molecule has 7 nitrogen and oxygen atoms in total. The van der Waals surface area contributed by atoms with Crippen LogP contribution in [0.2, 0.25) is 0 Å². The first-order valence-electron chi connectivity index (χ1n) is 4.07. The van der Waals surface area contributed by atoms with E-state index in [0.29, 0.717) is 0 Å². The Kier molecular flexibility index (Phi) is 3.93. The Morgan fingerprint density at radius 2 is 2.53 bits per heavy atom. The van der Waals surface area contributed by atoms with Crippen LogP contribution in [-0.2, 0) is 0 Å². The van der Waals surface area contributed by atoms with Gasteiger partial charge in [-0.3, -0.25) is 0 Å². The monoisotopic (exact) mass is 208 g/mol. The number of azide groups is 1. The zero-order valence-corrected chi connectivity index (χ0v) is 7.70. The first-order valence-corrected chi connectivity index (χ1v) is 4.07. The molecule has 0 fully saturated rings. The van der Waals surface area contributed by atoms with E-state index in [-0.39, 0.29) is 24.6 Å². The quantitative estimate of drug-likeness (QED) is 0.342. The van der Waals surface area contributed by atoms with Crippen LogP contribution in [0.3, 0.4) is 0 Å². The fourth-order valence-corrected chi connectivity index (χ4v) is 0.909. The summed E-state index contributed by atoms with van der Waals surface area (Å²) in [4.78, 5) is 16.9. The van der Waals surface area contributed by atoms with E-state index in [4.69, 9.17) is 15.4 Å². The molecule has 0 aliphatic heterocycles. The summed E-state index contributed by atoms with van der Waals surface area (Å²) in [5.41, 5.74) is 7.85. The van der Waals surface area contributed by atoms with Crippen LogP contribution in [0.25, 0.3) is 10.4 Å². The highest BCUT2D eigenvalue weighted by molar-refractivity contribution is 5.88. The maximum atomic E-state index is 10.7. The maximum Gasteiger partial charge on any atom is 0.358 e. The zero-order chi connectivity index (χ0) is 11.1. The van der Waals surface area contributed by atoms with Gasteiger partial charge in [-0.25, -0.2) is 9.78 Å². The number of hydrogen-bond acceptors (Lipinski definition) is 4. The molecule has 1 N–H and O–H groups in total. The van der Waals surface area contributed by atoms with Gasteiger partial charge in [0, 0.05) is 11.1 Å². The smallest absolute Gasteiger partial charge is 0.358 e. The molecule has 1 heterocycles. The SMILES string of the molecule is [N-]=[N+]=NCCOc1cccnc1C(=O)O. The van der Waals surface area contributed by atoms with E-state index >= 15 is 0 Å². The fraction of sp³-hybridized carbons (Fsp3) is 0.250. The molecule has 0 spiro atoms. The Labute approximate surface area is 84.9 Å². The van der Waals surface area contributed by atoms with Crippen molar-refractivity contribution in [1.82, 2.24) is 4.98 Å². The number of aromatic nitrogens is 1. The van der Waals surface area contributed by atoms with Crippen LogP contribution in [-0.4, -0.2) is 29.2 Å². The minimum absolute atomic E-state index is 0.121. The molecule has 0 saturated carbocycles. The molecule has 1 aromatic heterocycles. The van der Waals surface area contributed by atoms with Crippen LogP contribution in [0, 0.1) is 0 Å². The van der Waals surface area contributed by atoms with Gasteiger partial charge in [-0.2, -0.15) is 0 Å². The summed E-state index contributed by atoms with van der Waals surface area (Å²) in [6, 6.07) is 3.06. The number of nitrogens with zero attached hydrogens (tertiary/aromatic N) is 4. The number of carbonyl (C=O) groups is 1. The number of ether oxygens (including phenoxy) is 1. The molecule has 0 aromatic carbocycles. The molecule has 0 radical (unpaired) electrons. The molecule has 0 bridgehead atoms. The van der Waals surface area contributed by atoms with E-state index in [1.165, 1.54) is 12.3 Å². The van der Waals surface area contributed by atoms with Gasteiger partial charge in [-0.15, -0.1) is 0 Å². The molecule has 0 aliphatic carbocycles. The highest BCUT2D eigenvalue weighted by atomic mass is 16.5. The molecular formula is C8H8N4O3. The number of hydrogen-bond donors (Lipinski definition) is 1. The lowest BCUT2D eigenvalue weighted by Gasteiger charge is -2.05. The number of carboxylic acid groups (broad SMARTS) is 1. The molecule has 1 aromatic rings. The normalized spacial score (nSPS) is 9.07. The second-order valence-electron chi connectivity index (χ2n) is 2.46. The molecule has 0 atom stereocenters. The van der Waals surface area contributed by atoms with E-state index in [1.807, 2.05) is 0 Å². The van der Waals surface area contributed by atoms with Crippen molar-refractivity contribution in [1.29, 1.82) is 0 Å². The van der Waals surface area contributed by atoms with Crippen molar-refractivity contribution in [2.75, 3.05) is 13.2 Å². The van der Waals surface area contributed by atoms with Gasteiger partial charge in [0.15, 0.2) is 11.4 Å². The van der Waals surface area contributed by atoms with E-state index < -0.39 is 5.97 Å². The molecule has 7 heteroatoms. The van der Waals surface area contributed by atoms with Gasteiger partial charge in [-0.05, 0) is 17.7 Å². The minimum atomic E-state index is -1.16. The van der Waals surface area contributed by atoms with Crippen molar-refractivity contribution >= 4 is 5.97 Å². The van der Waals surface area contributed by atoms with Crippen LogP contribution in [0.15, 0.2) is 23.4 Å². The number of aromatic carboxylic acids is 1. The number of pyridine rings is 1. The summed E-state index contributed by atoms with van der Waals surface area (Å²) in [5, 5.41) is 12.0. The largest absolute Gasteiger partial charge is 0.491 e. The molecule has 78 valence electrons. The molecular weight excluding hydrogens is 200 g/mol. The summed E-state index contributed by atoms with van der Waals surface area (Å²) in [5.74, 6) is -0.993. The predicted molar refractivity (Wildman–Crippen MR) is 50.7 cm³/mol. The predicted octanol–water partition coefficient (Wildman–Crippen LogP) is 1.47. The molecule has 1 rings (SSSR count). The number of carboxylic acids is 1. The summed E-state index contributed by atoms with van der Waals surface area (Å²) in [7, 11) is 0. The maximum absolute atomic E-state index is 10.7. The highest BCUT2D eigenvalue weighted by Gasteiger charge is 2.11. The van der Waals surface area contributed by atoms with Crippen molar-refractivity contribution in [2.24, 2.45) is 5.11 Å². The van der Waals surface area contributed by atoms with Crippen molar-refractivity contribution < 1.29 is 14.6 Å². The van der Waals surface area contributed by atoms with Gasteiger partial charge in [0.1, 0.15) is 0 Å². The van der Waals surface area contributed by atoms with E-state index in [2.05, 4.69) is 15.0 Å². The molecule has 15 heavy (non-hydrogen) atoms. The van der Waals surface area contributed by atoms with Crippen molar-refractivity contribution in [3.63, 3.8) is 0 Å².